The predicted molar refractivity (Wildman–Crippen MR) is 152 cm³/mol. The Hall–Kier alpha value is -2.32. The van der Waals surface area contributed by atoms with Gasteiger partial charge < -0.3 is 5.32 Å². The van der Waals surface area contributed by atoms with Gasteiger partial charge in [0.2, 0.25) is 10.0 Å². The van der Waals surface area contributed by atoms with Crippen molar-refractivity contribution < 1.29 is 39.2 Å². The molecule has 0 radical (unpaired) electrons. The number of fused-ring (bicyclic) bond motifs is 1. The van der Waals surface area contributed by atoms with Crippen LogP contribution in [0.3, 0.4) is 0 Å². The van der Waals surface area contributed by atoms with Crippen LogP contribution in [0, 0.1) is 5.41 Å². The van der Waals surface area contributed by atoms with E-state index in [1.807, 2.05) is 9.62 Å². The second-order valence-corrected chi connectivity index (χ2v) is 14.4. The fraction of sp³-hybridized carbons (Fsp3) is 0.655. The highest BCUT2D eigenvalue weighted by atomic mass is 32.2. The van der Waals surface area contributed by atoms with Crippen molar-refractivity contribution in [1.82, 2.24) is 15.1 Å². The fourth-order valence-corrected chi connectivity index (χ4v) is 7.29. The van der Waals surface area contributed by atoms with Crippen LogP contribution in [-0.4, -0.2) is 86.9 Å². The van der Waals surface area contributed by atoms with Gasteiger partial charge in [0.15, 0.2) is 5.75 Å². The highest BCUT2D eigenvalue weighted by Crippen LogP contribution is 2.54. The van der Waals surface area contributed by atoms with Crippen LogP contribution in [0.2, 0.25) is 0 Å². The van der Waals surface area contributed by atoms with Gasteiger partial charge >= 0.3 is 6.18 Å². The first-order chi connectivity index (χ1) is 19.8. The number of hydrogen-bond acceptors (Lipinski definition) is 5. The van der Waals surface area contributed by atoms with E-state index in [-0.39, 0.29) is 30.4 Å². The third-order valence-corrected chi connectivity index (χ3v) is 9.49. The zero-order chi connectivity index (χ0) is 32.0. The van der Waals surface area contributed by atoms with Gasteiger partial charge in [0.05, 0.1) is 24.2 Å². The van der Waals surface area contributed by atoms with Crippen LogP contribution >= 0.6 is 0 Å². The molecule has 1 aliphatic carbocycles. The number of rotatable bonds is 11. The third-order valence-electron chi connectivity index (χ3n) is 8.24. The summed E-state index contributed by atoms with van der Waals surface area (Å²) in [6, 6.07) is 2.55. The largest absolute Gasteiger partial charge is 0.404 e. The number of nitrogens with one attached hydrogen (secondary N) is 2. The van der Waals surface area contributed by atoms with E-state index in [0.29, 0.717) is 37.2 Å². The third kappa shape index (κ3) is 7.86. The molecule has 1 fully saturated rings. The Morgan fingerprint density at radius 1 is 1.14 bits per heavy atom. The smallest absolute Gasteiger partial charge is 0.380 e. The number of alkyl halides is 6. The lowest BCUT2D eigenvalue weighted by Gasteiger charge is -2.52. The van der Waals surface area contributed by atoms with E-state index < -0.39 is 63.8 Å². The van der Waals surface area contributed by atoms with Crippen LogP contribution in [0.15, 0.2) is 41.9 Å². The fourth-order valence-electron chi connectivity index (χ4n) is 6.30. The lowest BCUT2D eigenvalue weighted by atomic mass is 9.67. The Labute approximate surface area is 248 Å². The minimum Gasteiger partial charge on any atom is -0.380 e. The van der Waals surface area contributed by atoms with Crippen molar-refractivity contribution >= 4 is 15.7 Å². The maximum Gasteiger partial charge on any atom is 0.404 e. The number of anilines is 1. The van der Waals surface area contributed by atoms with Crippen LogP contribution < -0.4 is 10.0 Å². The summed E-state index contributed by atoms with van der Waals surface area (Å²) in [5.74, 6) is -2.83. The Bertz CT molecular complexity index is 1340. The second kappa shape index (κ2) is 12.2. The van der Waals surface area contributed by atoms with Crippen molar-refractivity contribution in [1.29, 1.82) is 0 Å². The zero-order valence-electron chi connectivity index (χ0n) is 24.6. The minimum absolute atomic E-state index is 0.0507. The molecule has 2 heterocycles. The Morgan fingerprint density at radius 2 is 1.81 bits per heavy atom. The normalized spacial score (nSPS) is 27.7. The molecule has 0 saturated carbocycles. The molecular weight excluding hydrogens is 601 g/mol. The number of nitrogens with zero attached hydrogens (tertiary/aromatic N) is 2. The number of sulfonamides is 1. The first kappa shape index (κ1) is 33.6. The second-order valence-electron chi connectivity index (χ2n) is 12.7. The molecule has 1 aromatic rings. The molecule has 0 amide bonds. The van der Waals surface area contributed by atoms with Crippen molar-refractivity contribution in [2.45, 2.75) is 76.7 Å². The Kier molecular flexibility index (Phi) is 9.55. The molecule has 2 unspecified atom stereocenters. The summed E-state index contributed by atoms with van der Waals surface area (Å²) in [4.78, 5) is 3.74. The maximum absolute atomic E-state index is 16.3. The van der Waals surface area contributed by atoms with Crippen LogP contribution in [0.4, 0.5) is 36.4 Å². The minimum atomic E-state index is -4.94. The van der Waals surface area contributed by atoms with E-state index in [1.165, 1.54) is 51.1 Å². The van der Waals surface area contributed by atoms with Crippen LogP contribution in [-0.2, 0) is 16.4 Å². The Morgan fingerprint density at radius 3 is 2.40 bits per heavy atom. The first-order valence-corrected chi connectivity index (χ1v) is 15.9. The van der Waals surface area contributed by atoms with E-state index in [2.05, 4.69) is 5.32 Å². The van der Waals surface area contributed by atoms with Crippen molar-refractivity contribution in [2.24, 2.45) is 5.41 Å². The molecule has 3 aliphatic rings. The van der Waals surface area contributed by atoms with Gasteiger partial charge in [-0.2, -0.15) is 13.2 Å². The van der Waals surface area contributed by atoms with E-state index in [0.717, 1.165) is 0 Å². The molecule has 1 saturated heterocycles. The molecule has 4 rings (SSSR count). The molecule has 14 heteroatoms. The van der Waals surface area contributed by atoms with Gasteiger partial charge in [-0.05, 0) is 75.9 Å². The summed E-state index contributed by atoms with van der Waals surface area (Å²) in [7, 11) is -4.75. The van der Waals surface area contributed by atoms with Crippen molar-refractivity contribution in [3.05, 3.63) is 53.0 Å². The summed E-state index contributed by atoms with van der Waals surface area (Å²) in [5.41, 5.74) is -2.44. The summed E-state index contributed by atoms with van der Waals surface area (Å²) < 4.78 is 124. The average molecular weight is 641 g/mol. The van der Waals surface area contributed by atoms with E-state index in [4.69, 9.17) is 0 Å². The molecule has 6 nitrogen and oxygen atoms in total. The molecule has 2 N–H and O–H groups in total. The van der Waals surface area contributed by atoms with Crippen molar-refractivity contribution in [2.75, 3.05) is 43.3 Å². The number of benzene rings is 1. The molecule has 1 aromatic carbocycles. The molecule has 43 heavy (non-hydrogen) atoms. The molecule has 0 bridgehead atoms. The summed E-state index contributed by atoms with van der Waals surface area (Å²) >= 11 is 0. The van der Waals surface area contributed by atoms with Crippen molar-refractivity contribution in [3.8, 4) is 0 Å². The number of allylic oxidation sites excluding steroid dienone is 2. The monoisotopic (exact) mass is 640 g/mol. The Balaban J connectivity index is 1.65. The lowest BCUT2D eigenvalue weighted by Crippen LogP contribution is -2.58. The zero-order valence-corrected chi connectivity index (χ0v) is 25.4. The number of hydrogen-bond donors (Lipinski definition) is 2. The molecule has 4 atom stereocenters. The van der Waals surface area contributed by atoms with Crippen molar-refractivity contribution in [3.63, 3.8) is 0 Å². The van der Waals surface area contributed by atoms with Crippen LogP contribution in [0.1, 0.15) is 51.3 Å². The topological polar surface area (TPSA) is 64.7 Å². The van der Waals surface area contributed by atoms with Crippen LogP contribution in [0.25, 0.3) is 0 Å². The summed E-state index contributed by atoms with van der Waals surface area (Å²) in [6.45, 7) is 7.18. The molecule has 0 aromatic heterocycles. The first-order valence-electron chi connectivity index (χ1n) is 14.2. The van der Waals surface area contributed by atoms with Crippen LogP contribution in [0.5, 0.6) is 0 Å². The summed E-state index contributed by atoms with van der Waals surface area (Å²) in [5, 5.41) is 3.14. The van der Waals surface area contributed by atoms with Gasteiger partial charge in [-0.1, -0.05) is 6.07 Å². The van der Waals surface area contributed by atoms with Gasteiger partial charge in [-0.3, -0.25) is 18.9 Å². The van der Waals surface area contributed by atoms with E-state index in [1.54, 1.807) is 11.8 Å². The summed E-state index contributed by atoms with van der Waals surface area (Å²) in [6.07, 6.45) is -3.59. The average Bonchev–Trinajstić information content (AvgIpc) is 2.81. The highest BCUT2D eigenvalue weighted by molar-refractivity contribution is 7.92. The van der Waals surface area contributed by atoms with Gasteiger partial charge in [-0.25, -0.2) is 21.6 Å². The van der Waals surface area contributed by atoms with E-state index >= 15 is 13.2 Å². The van der Waals surface area contributed by atoms with Gasteiger partial charge in [0, 0.05) is 43.6 Å². The molecule has 0 spiro atoms. The highest BCUT2D eigenvalue weighted by Gasteiger charge is 2.53. The van der Waals surface area contributed by atoms with Gasteiger partial charge in [0.1, 0.15) is 17.7 Å². The number of likely N-dealkylation sites (tertiary alicyclic amines) is 1. The molecular formula is C29H39F7N4O2S. The van der Waals surface area contributed by atoms with Gasteiger partial charge in [0.25, 0.3) is 0 Å². The maximum atomic E-state index is 16.3. The predicted octanol–water partition coefficient (Wildman–Crippen LogP) is 5.76. The standard InChI is InChI=1S/C29H39F7N4O2S/c1-18-10-19-11-20(38-43(41,42)17-29(34,35)36)6-7-23(19)26(40(18)16-27(2,3)33)28(4)24(31)12-21(13-25(28)32)37-22-14-39(15-22)9-5-8-30/h6-7,11-13,18,22,24,26,37-38H,5,8-10,14-17H2,1-4H3/t18-,24?,26+,28?/m1/s1. The SMILES string of the molecule is C[C@@H]1Cc2cc(NS(=O)(=O)CC(F)(F)F)ccc2[C@@H](C2(C)C(F)=CC(NC3CN(CCCF)C3)=CC2F)N1CC(C)(C)F. The lowest BCUT2D eigenvalue weighted by molar-refractivity contribution is -0.106. The quantitative estimate of drug-likeness (QED) is 0.302. The number of halogens is 7. The molecule has 242 valence electrons. The van der Waals surface area contributed by atoms with Gasteiger partial charge in [-0.15, -0.1) is 0 Å². The van der Waals surface area contributed by atoms with E-state index in [9.17, 15) is 26.0 Å². The molecule has 2 aliphatic heterocycles.